The summed E-state index contributed by atoms with van der Waals surface area (Å²) >= 11 is 0. The summed E-state index contributed by atoms with van der Waals surface area (Å²) in [7, 11) is 0. The van der Waals surface area contributed by atoms with Gasteiger partial charge in [-0.25, -0.2) is 4.79 Å². The lowest BCUT2D eigenvalue weighted by atomic mass is 9.99. The summed E-state index contributed by atoms with van der Waals surface area (Å²) in [6.07, 6.45) is 5.10. The number of likely N-dealkylation sites (tertiary alicyclic amines) is 1. The number of ether oxygens (including phenoxy) is 2. The quantitative estimate of drug-likeness (QED) is 0.901. The van der Waals surface area contributed by atoms with Gasteiger partial charge >= 0.3 is 6.09 Å². The van der Waals surface area contributed by atoms with Gasteiger partial charge in [-0.2, -0.15) is 5.10 Å². The molecule has 3 rings (SSSR count). The van der Waals surface area contributed by atoms with E-state index in [0.29, 0.717) is 19.1 Å². The van der Waals surface area contributed by atoms with Gasteiger partial charge in [0.05, 0.1) is 30.3 Å². The summed E-state index contributed by atoms with van der Waals surface area (Å²) < 4.78 is 11.1. The Morgan fingerprint density at radius 3 is 2.96 bits per heavy atom. The molecule has 1 aliphatic rings. The highest BCUT2D eigenvalue weighted by molar-refractivity contribution is 5.67. The highest BCUT2D eigenvalue weighted by Gasteiger charge is 2.25. The van der Waals surface area contributed by atoms with Crippen molar-refractivity contribution in [3.05, 3.63) is 30.6 Å². The average molecular weight is 344 g/mol. The third-order valence-electron chi connectivity index (χ3n) is 4.11. The lowest BCUT2D eigenvalue weighted by Gasteiger charge is -2.32. The highest BCUT2D eigenvalue weighted by Crippen LogP contribution is 2.21. The Bertz CT molecular complexity index is 670. The second-order valence-electron chi connectivity index (χ2n) is 6.55. The van der Waals surface area contributed by atoms with Gasteiger partial charge in [-0.05, 0) is 44.9 Å². The number of hydrogen-bond acceptors (Lipinski definition) is 5. The SMILES string of the molecule is CC(C)OC(=O)N1CCC[C@H](COc2ccc(-c3ccn[nH]3)nc2)C1. The van der Waals surface area contributed by atoms with E-state index in [1.165, 1.54) is 0 Å². The minimum absolute atomic E-state index is 0.0939. The number of amides is 1. The zero-order valence-electron chi connectivity index (χ0n) is 14.6. The Morgan fingerprint density at radius 2 is 2.28 bits per heavy atom. The van der Waals surface area contributed by atoms with Crippen molar-refractivity contribution < 1.29 is 14.3 Å². The van der Waals surface area contributed by atoms with Gasteiger partial charge in [0.1, 0.15) is 5.75 Å². The van der Waals surface area contributed by atoms with Gasteiger partial charge in [0.15, 0.2) is 0 Å². The van der Waals surface area contributed by atoms with Crippen LogP contribution in [0.25, 0.3) is 11.4 Å². The molecule has 2 aromatic rings. The van der Waals surface area contributed by atoms with Gasteiger partial charge < -0.3 is 14.4 Å². The van der Waals surface area contributed by atoms with Gasteiger partial charge in [0.25, 0.3) is 0 Å². The van der Waals surface area contributed by atoms with Crippen molar-refractivity contribution in [1.29, 1.82) is 0 Å². The summed E-state index contributed by atoms with van der Waals surface area (Å²) in [5.74, 6) is 1.03. The molecule has 0 spiro atoms. The van der Waals surface area contributed by atoms with Crippen molar-refractivity contribution in [2.24, 2.45) is 5.92 Å². The van der Waals surface area contributed by atoms with Crippen molar-refractivity contribution in [3.8, 4) is 17.1 Å². The van der Waals surface area contributed by atoms with Crippen molar-refractivity contribution in [2.75, 3.05) is 19.7 Å². The summed E-state index contributed by atoms with van der Waals surface area (Å²) in [5.41, 5.74) is 1.70. The first kappa shape index (κ1) is 17.3. The smallest absolute Gasteiger partial charge is 0.410 e. The van der Waals surface area contributed by atoms with Gasteiger partial charge in [0, 0.05) is 25.2 Å². The number of rotatable bonds is 5. The zero-order valence-corrected chi connectivity index (χ0v) is 14.6. The van der Waals surface area contributed by atoms with Crippen LogP contribution in [0, 0.1) is 5.92 Å². The Morgan fingerprint density at radius 1 is 1.40 bits per heavy atom. The van der Waals surface area contributed by atoms with Gasteiger partial charge in [-0.3, -0.25) is 10.1 Å². The Labute approximate surface area is 147 Å². The van der Waals surface area contributed by atoms with E-state index in [9.17, 15) is 4.79 Å². The molecule has 1 atom stereocenters. The fraction of sp³-hybridized carbons (Fsp3) is 0.500. The number of aromatic amines is 1. The summed E-state index contributed by atoms with van der Waals surface area (Å²) in [5, 5.41) is 6.80. The number of pyridine rings is 1. The molecule has 1 fully saturated rings. The van der Waals surface area contributed by atoms with E-state index in [4.69, 9.17) is 9.47 Å². The van der Waals surface area contributed by atoms with E-state index < -0.39 is 0 Å². The van der Waals surface area contributed by atoms with Gasteiger partial charge in [-0.15, -0.1) is 0 Å². The number of carbonyl (C=O) groups excluding carboxylic acids is 1. The molecule has 0 unspecified atom stereocenters. The Kier molecular flexibility index (Phi) is 5.53. The molecule has 7 nitrogen and oxygen atoms in total. The predicted octanol–water partition coefficient (Wildman–Crippen LogP) is 3.11. The van der Waals surface area contributed by atoms with Crippen LogP contribution in [0.15, 0.2) is 30.6 Å². The summed E-state index contributed by atoms with van der Waals surface area (Å²) in [6, 6.07) is 5.67. The first-order chi connectivity index (χ1) is 12.1. The third-order valence-corrected chi connectivity index (χ3v) is 4.11. The van der Waals surface area contributed by atoms with Crippen molar-refractivity contribution >= 4 is 6.09 Å². The molecule has 0 aliphatic carbocycles. The maximum Gasteiger partial charge on any atom is 0.410 e. The Balaban J connectivity index is 1.50. The van der Waals surface area contributed by atoms with Gasteiger partial charge in [-0.1, -0.05) is 0 Å². The first-order valence-corrected chi connectivity index (χ1v) is 8.66. The van der Waals surface area contributed by atoms with E-state index in [1.807, 2.05) is 32.0 Å². The second kappa shape index (κ2) is 8.00. The highest BCUT2D eigenvalue weighted by atomic mass is 16.6. The number of H-pyrrole nitrogens is 1. The minimum atomic E-state index is -0.231. The fourth-order valence-electron chi connectivity index (χ4n) is 2.88. The van der Waals surface area contributed by atoms with Crippen LogP contribution in [0.3, 0.4) is 0 Å². The molecule has 134 valence electrons. The Hall–Kier alpha value is -2.57. The molecule has 7 heteroatoms. The molecule has 0 saturated carbocycles. The maximum atomic E-state index is 12.0. The normalized spacial score (nSPS) is 17.6. The van der Waals surface area contributed by atoms with E-state index in [-0.39, 0.29) is 12.2 Å². The van der Waals surface area contributed by atoms with Crippen LogP contribution in [0.4, 0.5) is 4.79 Å². The molecule has 1 N–H and O–H groups in total. The zero-order chi connectivity index (χ0) is 17.6. The predicted molar refractivity (Wildman–Crippen MR) is 93.2 cm³/mol. The molecular formula is C18H24N4O3. The standard InChI is InChI=1S/C18H24N4O3/c1-13(2)25-18(23)22-9-3-4-14(11-22)12-24-15-5-6-16(19-10-15)17-7-8-20-21-17/h5-8,10,13-14H,3-4,9,11-12H2,1-2H3,(H,20,21)/t14-/m0/s1. The monoisotopic (exact) mass is 344 g/mol. The topological polar surface area (TPSA) is 80.3 Å². The molecule has 0 radical (unpaired) electrons. The van der Waals surface area contributed by atoms with Crippen molar-refractivity contribution in [1.82, 2.24) is 20.1 Å². The van der Waals surface area contributed by atoms with Crippen molar-refractivity contribution in [2.45, 2.75) is 32.8 Å². The van der Waals surface area contributed by atoms with Crippen LogP contribution in [0.2, 0.25) is 0 Å². The number of aromatic nitrogens is 3. The van der Waals surface area contributed by atoms with Crippen LogP contribution in [-0.2, 0) is 4.74 Å². The number of nitrogens with zero attached hydrogens (tertiary/aromatic N) is 3. The van der Waals surface area contributed by atoms with Crippen LogP contribution < -0.4 is 4.74 Å². The third kappa shape index (κ3) is 4.71. The maximum absolute atomic E-state index is 12.0. The van der Waals surface area contributed by atoms with Gasteiger partial charge in [0.2, 0.25) is 0 Å². The fourth-order valence-corrected chi connectivity index (χ4v) is 2.88. The minimum Gasteiger partial charge on any atom is -0.492 e. The molecular weight excluding hydrogens is 320 g/mol. The molecule has 25 heavy (non-hydrogen) atoms. The number of piperidine rings is 1. The van der Waals surface area contributed by atoms with Crippen LogP contribution in [0.1, 0.15) is 26.7 Å². The summed E-state index contributed by atoms with van der Waals surface area (Å²) in [4.78, 5) is 18.2. The lowest BCUT2D eigenvalue weighted by Crippen LogP contribution is -2.42. The van der Waals surface area contributed by atoms with E-state index in [1.54, 1.807) is 17.3 Å². The van der Waals surface area contributed by atoms with Crippen LogP contribution in [0.5, 0.6) is 5.75 Å². The molecule has 1 saturated heterocycles. The van der Waals surface area contributed by atoms with E-state index in [2.05, 4.69) is 15.2 Å². The largest absolute Gasteiger partial charge is 0.492 e. The lowest BCUT2D eigenvalue weighted by molar-refractivity contribution is 0.0565. The van der Waals surface area contributed by atoms with Crippen LogP contribution in [-0.4, -0.2) is 52.0 Å². The first-order valence-electron chi connectivity index (χ1n) is 8.66. The molecule has 2 aromatic heterocycles. The number of hydrogen-bond donors (Lipinski definition) is 1. The number of nitrogens with one attached hydrogen (secondary N) is 1. The average Bonchev–Trinajstić information content (AvgIpc) is 3.15. The summed E-state index contributed by atoms with van der Waals surface area (Å²) in [6.45, 7) is 5.72. The van der Waals surface area contributed by atoms with E-state index in [0.717, 1.165) is 36.5 Å². The number of carbonyl (C=O) groups is 1. The molecule has 0 bridgehead atoms. The van der Waals surface area contributed by atoms with Crippen LogP contribution >= 0.6 is 0 Å². The van der Waals surface area contributed by atoms with Crippen molar-refractivity contribution in [3.63, 3.8) is 0 Å². The molecule has 3 heterocycles. The van der Waals surface area contributed by atoms with E-state index >= 15 is 0 Å². The molecule has 0 aromatic carbocycles. The molecule has 1 aliphatic heterocycles. The second-order valence-corrected chi connectivity index (χ2v) is 6.55. The molecule has 1 amide bonds.